The highest BCUT2D eigenvalue weighted by Crippen LogP contribution is 2.29. The summed E-state index contributed by atoms with van der Waals surface area (Å²) in [7, 11) is 1.84. The van der Waals surface area contributed by atoms with E-state index in [4.69, 9.17) is 10.5 Å². The van der Waals surface area contributed by atoms with E-state index in [1.807, 2.05) is 43.1 Å². The third-order valence-electron chi connectivity index (χ3n) is 3.32. The highest BCUT2D eigenvalue weighted by molar-refractivity contribution is 7.99. The van der Waals surface area contributed by atoms with E-state index in [1.165, 1.54) is 5.75 Å². The Morgan fingerprint density at radius 3 is 3.05 bits per heavy atom. The summed E-state index contributed by atoms with van der Waals surface area (Å²) in [4.78, 5) is 0. The maximum absolute atomic E-state index is 6.00. The van der Waals surface area contributed by atoms with Crippen LogP contribution in [0.4, 0.5) is 5.82 Å². The molecule has 1 aromatic heterocycles. The van der Waals surface area contributed by atoms with Crippen molar-refractivity contribution >= 4 is 17.6 Å². The molecule has 5 heteroatoms. The minimum absolute atomic E-state index is 0.339. The Balaban J connectivity index is 1.85. The molecule has 0 radical (unpaired) electrons. The average Bonchev–Trinajstić information content (AvgIpc) is 3.02. The first-order valence-electron chi connectivity index (χ1n) is 6.36. The molecule has 1 atom stereocenters. The molecule has 0 aliphatic carbocycles. The summed E-state index contributed by atoms with van der Waals surface area (Å²) in [6.07, 6.45) is 3.26. The van der Waals surface area contributed by atoms with Crippen molar-refractivity contribution in [2.75, 3.05) is 17.2 Å². The van der Waals surface area contributed by atoms with Crippen LogP contribution in [0.3, 0.4) is 0 Å². The van der Waals surface area contributed by atoms with Crippen molar-refractivity contribution in [3.05, 3.63) is 30.5 Å². The second-order valence-corrected chi connectivity index (χ2v) is 5.85. The third kappa shape index (κ3) is 2.56. The molecular formula is C14H17N3OS. The van der Waals surface area contributed by atoms with E-state index in [1.54, 1.807) is 10.9 Å². The van der Waals surface area contributed by atoms with Gasteiger partial charge < -0.3 is 10.5 Å². The number of anilines is 1. The first kappa shape index (κ1) is 12.4. The Kier molecular flexibility index (Phi) is 3.38. The highest BCUT2D eigenvalue weighted by atomic mass is 32.2. The lowest BCUT2D eigenvalue weighted by Crippen LogP contribution is -2.14. The molecule has 19 heavy (non-hydrogen) atoms. The first-order chi connectivity index (χ1) is 9.24. The number of aromatic nitrogens is 2. The number of rotatable bonds is 3. The fraction of sp³-hybridized carbons (Fsp3) is 0.357. The van der Waals surface area contributed by atoms with Crippen LogP contribution in [0.25, 0.3) is 11.1 Å². The number of ether oxygens (including phenoxy) is 1. The number of aryl methyl sites for hydroxylation is 1. The number of benzene rings is 1. The zero-order chi connectivity index (χ0) is 13.2. The van der Waals surface area contributed by atoms with Gasteiger partial charge in [0.05, 0.1) is 6.20 Å². The topological polar surface area (TPSA) is 53.1 Å². The van der Waals surface area contributed by atoms with Crippen LogP contribution in [0.2, 0.25) is 0 Å². The van der Waals surface area contributed by atoms with Crippen LogP contribution in [-0.2, 0) is 7.05 Å². The largest absolute Gasteiger partial charge is 0.490 e. The van der Waals surface area contributed by atoms with E-state index < -0.39 is 0 Å². The Hall–Kier alpha value is -1.62. The normalized spacial score (nSPS) is 18.7. The van der Waals surface area contributed by atoms with Crippen molar-refractivity contribution in [2.45, 2.75) is 12.5 Å². The average molecular weight is 275 g/mol. The Labute approximate surface area is 116 Å². The maximum Gasteiger partial charge on any atom is 0.129 e. The fourth-order valence-corrected chi connectivity index (χ4v) is 3.30. The molecule has 1 aliphatic rings. The molecule has 0 saturated carbocycles. The maximum atomic E-state index is 6.00. The van der Waals surface area contributed by atoms with Crippen LogP contribution in [-0.4, -0.2) is 27.4 Å². The van der Waals surface area contributed by atoms with Gasteiger partial charge in [0.2, 0.25) is 0 Å². The molecule has 100 valence electrons. The van der Waals surface area contributed by atoms with Gasteiger partial charge in [-0.3, -0.25) is 4.68 Å². The van der Waals surface area contributed by atoms with Gasteiger partial charge in [0, 0.05) is 18.4 Å². The molecule has 1 aliphatic heterocycles. The van der Waals surface area contributed by atoms with Crippen LogP contribution in [0.5, 0.6) is 5.75 Å². The van der Waals surface area contributed by atoms with Gasteiger partial charge in [-0.05, 0) is 29.9 Å². The van der Waals surface area contributed by atoms with Gasteiger partial charge in [0.25, 0.3) is 0 Å². The molecule has 4 nitrogen and oxygen atoms in total. The van der Waals surface area contributed by atoms with Gasteiger partial charge in [0.15, 0.2) is 0 Å². The standard InChI is InChI=1S/C14H17N3OS/c1-17-14(15)13(8-16-17)10-3-2-4-11(7-10)18-12-5-6-19-9-12/h2-4,7-8,12H,5-6,9,15H2,1H3. The molecule has 3 rings (SSSR count). The van der Waals surface area contributed by atoms with Crippen LogP contribution >= 0.6 is 11.8 Å². The van der Waals surface area contributed by atoms with Gasteiger partial charge in [-0.1, -0.05) is 12.1 Å². The van der Waals surface area contributed by atoms with E-state index in [0.717, 1.165) is 29.1 Å². The summed E-state index contributed by atoms with van der Waals surface area (Å²) in [6.45, 7) is 0. The zero-order valence-corrected chi connectivity index (χ0v) is 11.7. The van der Waals surface area contributed by atoms with E-state index in [9.17, 15) is 0 Å². The van der Waals surface area contributed by atoms with Crippen LogP contribution in [0.1, 0.15) is 6.42 Å². The van der Waals surface area contributed by atoms with Crippen molar-refractivity contribution in [1.82, 2.24) is 9.78 Å². The molecule has 0 amide bonds. The molecule has 1 saturated heterocycles. The smallest absolute Gasteiger partial charge is 0.129 e. The predicted molar refractivity (Wildman–Crippen MR) is 79.4 cm³/mol. The SMILES string of the molecule is Cn1ncc(-c2cccc(OC3CCSC3)c2)c1N. The number of thioether (sulfide) groups is 1. The summed E-state index contributed by atoms with van der Waals surface area (Å²) in [5.74, 6) is 3.86. The summed E-state index contributed by atoms with van der Waals surface area (Å²) in [5, 5.41) is 4.17. The van der Waals surface area contributed by atoms with E-state index >= 15 is 0 Å². The highest BCUT2D eigenvalue weighted by Gasteiger charge is 2.17. The van der Waals surface area contributed by atoms with E-state index in [-0.39, 0.29) is 0 Å². The Morgan fingerprint density at radius 2 is 2.37 bits per heavy atom. The molecule has 2 N–H and O–H groups in total. The summed E-state index contributed by atoms with van der Waals surface area (Å²) >= 11 is 1.95. The summed E-state index contributed by atoms with van der Waals surface area (Å²) in [5.41, 5.74) is 8.01. The fourth-order valence-electron chi connectivity index (χ4n) is 2.20. The van der Waals surface area contributed by atoms with Crippen LogP contribution < -0.4 is 10.5 Å². The second-order valence-electron chi connectivity index (χ2n) is 4.70. The first-order valence-corrected chi connectivity index (χ1v) is 7.52. The molecule has 1 unspecified atom stereocenters. The Morgan fingerprint density at radius 1 is 1.47 bits per heavy atom. The number of hydrogen-bond acceptors (Lipinski definition) is 4. The summed E-state index contributed by atoms with van der Waals surface area (Å²) < 4.78 is 7.67. The molecule has 0 bridgehead atoms. The lowest BCUT2D eigenvalue weighted by molar-refractivity contribution is 0.229. The summed E-state index contributed by atoms with van der Waals surface area (Å²) in [6, 6.07) is 8.07. The Bertz CT molecular complexity index is 576. The molecule has 0 spiro atoms. The van der Waals surface area contributed by atoms with Crippen molar-refractivity contribution in [1.29, 1.82) is 0 Å². The van der Waals surface area contributed by atoms with Crippen molar-refractivity contribution in [3.8, 4) is 16.9 Å². The third-order valence-corrected chi connectivity index (χ3v) is 4.45. The molecule has 1 aromatic carbocycles. The van der Waals surface area contributed by atoms with E-state index in [2.05, 4.69) is 5.10 Å². The minimum Gasteiger partial charge on any atom is -0.490 e. The number of nitrogens with zero attached hydrogens (tertiary/aromatic N) is 2. The molecule has 2 aromatic rings. The minimum atomic E-state index is 0.339. The lowest BCUT2D eigenvalue weighted by Gasteiger charge is -2.13. The number of hydrogen-bond donors (Lipinski definition) is 1. The van der Waals surface area contributed by atoms with Crippen LogP contribution in [0.15, 0.2) is 30.5 Å². The lowest BCUT2D eigenvalue weighted by atomic mass is 10.1. The molecule has 2 heterocycles. The predicted octanol–water partition coefficient (Wildman–Crippen LogP) is 2.55. The van der Waals surface area contributed by atoms with E-state index in [0.29, 0.717) is 11.9 Å². The van der Waals surface area contributed by atoms with Crippen molar-refractivity contribution in [2.24, 2.45) is 7.05 Å². The quantitative estimate of drug-likeness (QED) is 0.935. The monoisotopic (exact) mass is 275 g/mol. The van der Waals surface area contributed by atoms with Gasteiger partial charge in [0.1, 0.15) is 17.7 Å². The van der Waals surface area contributed by atoms with Gasteiger partial charge in [-0.15, -0.1) is 0 Å². The van der Waals surface area contributed by atoms with Crippen molar-refractivity contribution in [3.63, 3.8) is 0 Å². The van der Waals surface area contributed by atoms with Gasteiger partial charge in [-0.25, -0.2) is 0 Å². The number of nitrogens with two attached hydrogens (primary N) is 1. The number of nitrogen functional groups attached to an aromatic ring is 1. The van der Waals surface area contributed by atoms with Crippen LogP contribution in [0, 0.1) is 0 Å². The van der Waals surface area contributed by atoms with Crippen molar-refractivity contribution < 1.29 is 4.74 Å². The zero-order valence-electron chi connectivity index (χ0n) is 10.9. The second kappa shape index (κ2) is 5.17. The molecule has 1 fully saturated rings. The van der Waals surface area contributed by atoms with Gasteiger partial charge in [-0.2, -0.15) is 16.9 Å². The van der Waals surface area contributed by atoms with Gasteiger partial charge >= 0.3 is 0 Å². The molecular weight excluding hydrogens is 258 g/mol.